The molecule has 1 unspecified atom stereocenters. The summed E-state index contributed by atoms with van der Waals surface area (Å²) in [6.07, 6.45) is 6.76. The van der Waals surface area contributed by atoms with Crippen LogP contribution in [0.3, 0.4) is 0 Å². The Kier molecular flexibility index (Phi) is 3.45. The molecule has 0 bridgehead atoms. The summed E-state index contributed by atoms with van der Waals surface area (Å²) in [7, 11) is 0. The molecular weight excluding hydrogens is 248 g/mol. The Balaban J connectivity index is 2.07. The molecule has 0 spiro atoms. The van der Waals surface area contributed by atoms with E-state index in [1.807, 2.05) is 19.2 Å². The molecule has 3 nitrogen and oxygen atoms in total. The van der Waals surface area contributed by atoms with E-state index in [0.29, 0.717) is 6.61 Å². The Morgan fingerprint density at radius 1 is 1.30 bits per heavy atom. The van der Waals surface area contributed by atoms with Crippen LogP contribution in [-0.4, -0.2) is 11.6 Å². The summed E-state index contributed by atoms with van der Waals surface area (Å²) in [4.78, 5) is 4.29. The van der Waals surface area contributed by atoms with Gasteiger partial charge >= 0.3 is 0 Å². The average molecular weight is 268 g/mol. The summed E-state index contributed by atoms with van der Waals surface area (Å²) in [5.41, 5.74) is 9.92. The lowest BCUT2D eigenvalue weighted by Gasteiger charge is -2.36. The minimum Gasteiger partial charge on any atom is -0.492 e. The van der Waals surface area contributed by atoms with E-state index in [1.165, 1.54) is 11.1 Å². The maximum Gasteiger partial charge on any atom is 0.137 e. The quantitative estimate of drug-likeness (QED) is 0.930. The standard InChI is InChI=1S/C17H20N2O/c1-2-20-15-10-14(11-19-12-15)17(18)9-5-7-13-6-3-4-8-16(13)17/h3-4,6,8,10-12H,2,5,7,9,18H2,1H3. The molecule has 1 aliphatic rings. The number of nitrogens with zero attached hydrogens (tertiary/aromatic N) is 1. The van der Waals surface area contributed by atoms with Crippen molar-refractivity contribution >= 4 is 0 Å². The SMILES string of the molecule is CCOc1cncc(C2(N)CCCc3ccccc32)c1. The normalized spacial score (nSPS) is 21.3. The second-order valence-corrected chi connectivity index (χ2v) is 5.32. The van der Waals surface area contributed by atoms with Crippen molar-refractivity contribution in [3.05, 3.63) is 59.4 Å². The van der Waals surface area contributed by atoms with Gasteiger partial charge in [0.2, 0.25) is 0 Å². The topological polar surface area (TPSA) is 48.1 Å². The molecule has 0 saturated heterocycles. The fourth-order valence-electron chi connectivity index (χ4n) is 3.07. The van der Waals surface area contributed by atoms with Crippen LogP contribution in [-0.2, 0) is 12.0 Å². The van der Waals surface area contributed by atoms with Crippen molar-refractivity contribution in [3.8, 4) is 5.75 Å². The fraction of sp³-hybridized carbons (Fsp3) is 0.353. The largest absolute Gasteiger partial charge is 0.492 e. The van der Waals surface area contributed by atoms with Crippen molar-refractivity contribution in [2.45, 2.75) is 31.7 Å². The average Bonchev–Trinajstić information content (AvgIpc) is 2.48. The van der Waals surface area contributed by atoms with Gasteiger partial charge in [0.1, 0.15) is 5.75 Å². The molecule has 104 valence electrons. The maximum atomic E-state index is 6.76. The molecule has 0 radical (unpaired) electrons. The lowest BCUT2D eigenvalue weighted by molar-refractivity contribution is 0.336. The zero-order valence-corrected chi connectivity index (χ0v) is 11.8. The van der Waals surface area contributed by atoms with Crippen LogP contribution < -0.4 is 10.5 Å². The van der Waals surface area contributed by atoms with Crippen LogP contribution in [0, 0.1) is 0 Å². The van der Waals surface area contributed by atoms with Crippen LogP contribution in [0.25, 0.3) is 0 Å². The highest BCUT2D eigenvalue weighted by molar-refractivity contribution is 5.45. The van der Waals surface area contributed by atoms with Gasteiger partial charge in [0.05, 0.1) is 18.3 Å². The minimum atomic E-state index is -0.449. The van der Waals surface area contributed by atoms with E-state index in [2.05, 4.69) is 29.2 Å². The molecule has 20 heavy (non-hydrogen) atoms. The zero-order valence-electron chi connectivity index (χ0n) is 11.8. The highest BCUT2D eigenvalue weighted by atomic mass is 16.5. The molecule has 0 fully saturated rings. The van der Waals surface area contributed by atoms with Crippen molar-refractivity contribution in [2.24, 2.45) is 5.73 Å². The van der Waals surface area contributed by atoms with E-state index in [9.17, 15) is 0 Å². The van der Waals surface area contributed by atoms with Gasteiger partial charge in [-0.25, -0.2) is 0 Å². The predicted molar refractivity (Wildman–Crippen MR) is 79.8 cm³/mol. The van der Waals surface area contributed by atoms with Crippen molar-refractivity contribution in [2.75, 3.05) is 6.61 Å². The summed E-state index contributed by atoms with van der Waals surface area (Å²) < 4.78 is 5.55. The van der Waals surface area contributed by atoms with Gasteiger partial charge in [0, 0.05) is 6.20 Å². The molecule has 1 aromatic carbocycles. The zero-order chi connectivity index (χ0) is 14.0. The molecule has 0 saturated carbocycles. The fourth-order valence-corrected chi connectivity index (χ4v) is 3.07. The molecule has 0 aliphatic heterocycles. The highest BCUT2D eigenvalue weighted by Gasteiger charge is 2.34. The lowest BCUT2D eigenvalue weighted by atomic mass is 9.73. The molecule has 2 N–H and O–H groups in total. The van der Waals surface area contributed by atoms with Gasteiger partial charge < -0.3 is 10.5 Å². The van der Waals surface area contributed by atoms with Gasteiger partial charge in [0.25, 0.3) is 0 Å². The number of benzene rings is 1. The first-order valence-electron chi connectivity index (χ1n) is 7.19. The molecule has 2 aromatic rings. The van der Waals surface area contributed by atoms with Crippen LogP contribution in [0.15, 0.2) is 42.7 Å². The maximum absolute atomic E-state index is 6.76. The Bertz CT molecular complexity index is 611. The lowest BCUT2D eigenvalue weighted by Crippen LogP contribution is -2.41. The number of hydrogen-bond acceptors (Lipinski definition) is 3. The summed E-state index contributed by atoms with van der Waals surface area (Å²) in [6, 6.07) is 10.5. The van der Waals surface area contributed by atoms with Gasteiger partial charge in [-0.1, -0.05) is 24.3 Å². The third-order valence-corrected chi connectivity index (χ3v) is 4.05. The second-order valence-electron chi connectivity index (χ2n) is 5.32. The first-order chi connectivity index (χ1) is 9.74. The molecule has 1 aromatic heterocycles. The monoisotopic (exact) mass is 268 g/mol. The van der Waals surface area contributed by atoms with Gasteiger partial charge in [-0.05, 0) is 48.9 Å². The second kappa shape index (κ2) is 5.25. The Morgan fingerprint density at radius 2 is 2.15 bits per heavy atom. The van der Waals surface area contributed by atoms with E-state index < -0.39 is 5.54 Å². The number of fused-ring (bicyclic) bond motifs is 1. The van der Waals surface area contributed by atoms with Crippen molar-refractivity contribution < 1.29 is 4.74 Å². The molecular formula is C17H20N2O. The third-order valence-electron chi connectivity index (χ3n) is 4.05. The number of hydrogen-bond donors (Lipinski definition) is 1. The van der Waals surface area contributed by atoms with Crippen LogP contribution in [0.4, 0.5) is 0 Å². The summed E-state index contributed by atoms with van der Waals surface area (Å²) in [5, 5.41) is 0. The summed E-state index contributed by atoms with van der Waals surface area (Å²) >= 11 is 0. The van der Waals surface area contributed by atoms with E-state index in [1.54, 1.807) is 6.20 Å². The molecule has 3 rings (SSSR count). The highest BCUT2D eigenvalue weighted by Crippen LogP contribution is 2.38. The first kappa shape index (κ1) is 13.1. The molecule has 1 atom stereocenters. The summed E-state index contributed by atoms with van der Waals surface area (Å²) in [5.74, 6) is 0.790. The Hall–Kier alpha value is -1.87. The van der Waals surface area contributed by atoms with Crippen LogP contribution in [0.1, 0.15) is 36.5 Å². The smallest absolute Gasteiger partial charge is 0.137 e. The number of rotatable bonds is 3. The molecule has 3 heteroatoms. The van der Waals surface area contributed by atoms with Crippen molar-refractivity contribution in [3.63, 3.8) is 0 Å². The Labute approximate surface area is 119 Å². The number of nitrogens with two attached hydrogens (primary N) is 1. The van der Waals surface area contributed by atoms with E-state index >= 15 is 0 Å². The van der Waals surface area contributed by atoms with Crippen LogP contribution in [0.2, 0.25) is 0 Å². The number of pyridine rings is 1. The van der Waals surface area contributed by atoms with Gasteiger partial charge in [-0.3, -0.25) is 4.98 Å². The van der Waals surface area contributed by atoms with E-state index in [-0.39, 0.29) is 0 Å². The van der Waals surface area contributed by atoms with Crippen LogP contribution >= 0.6 is 0 Å². The minimum absolute atomic E-state index is 0.449. The molecule has 1 aliphatic carbocycles. The Morgan fingerprint density at radius 3 is 3.00 bits per heavy atom. The van der Waals surface area contributed by atoms with Crippen molar-refractivity contribution in [1.82, 2.24) is 4.98 Å². The van der Waals surface area contributed by atoms with Gasteiger partial charge in [-0.15, -0.1) is 0 Å². The molecule has 0 amide bonds. The van der Waals surface area contributed by atoms with Gasteiger partial charge in [0.15, 0.2) is 0 Å². The molecule has 1 heterocycles. The number of aryl methyl sites for hydroxylation is 1. The van der Waals surface area contributed by atoms with Crippen LogP contribution in [0.5, 0.6) is 5.75 Å². The van der Waals surface area contributed by atoms with Crippen molar-refractivity contribution in [1.29, 1.82) is 0 Å². The first-order valence-corrected chi connectivity index (χ1v) is 7.19. The van der Waals surface area contributed by atoms with E-state index in [4.69, 9.17) is 10.5 Å². The summed E-state index contributed by atoms with van der Waals surface area (Å²) in [6.45, 7) is 2.61. The number of ether oxygens (including phenoxy) is 1. The third kappa shape index (κ3) is 2.18. The predicted octanol–water partition coefficient (Wildman–Crippen LogP) is 3.02. The van der Waals surface area contributed by atoms with Gasteiger partial charge in [-0.2, -0.15) is 0 Å². The van der Waals surface area contributed by atoms with E-state index in [0.717, 1.165) is 30.6 Å². The number of aromatic nitrogens is 1.